The van der Waals surface area contributed by atoms with Crippen LogP contribution >= 0.6 is 0 Å². The van der Waals surface area contributed by atoms with Crippen molar-refractivity contribution in [3.05, 3.63) is 65.0 Å². The van der Waals surface area contributed by atoms with Gasteiger partial charge in [0.25, 0.3) is 5.91 Å². The number of hydrogen-bond donors (Lipinski definition) is 1. The summed E-state index contributed by atoms with van der Waals surface area (Å²) >= 11 is 0. The predicted molar refractivity (Wildman–Crippen MR) is 123 cm³/mol. The second-order valence-electron chi connectivity index (χ2n) is 8.73. The van der Waals surface area contributed by atoms with Crippen molar-refractivity contribution in [2.45, 2.75) is 71.5 Å². The maximum atomic E-state index is 13.3. The number of amides is 2. The Morgan fingerprint density at radius 1 is 1.09 bits per heavy atom. The summed E-state index contributed by atoms with van der Waals surface area (Å²) in [6.07, 6.45) is 5.37. The fourth-order valence-electron chi connectivity index (χ4n) is 4.02. The van der Waals surface area contributed by atoms with Crippen molar-refractivity contribution in [2.75, 3.05) is 6.61 Å². The maximum Gasteiger partial charge on any atom is 0.261 e. The zero-order valence-corrected chi connectivity index (χ0v) is 19.2. The van der Waals surface area contributed by atoms with Crippen LogP contribution in [-0.2, 0) is 16.1 Å². The number of rotatable bonds is 8. The first kappa shape index (κ1) is 23.8. The molecule has 0 spiro atoms. The number of carbonyl (C=O) groups is 2. The smallest absolute Gasteiger partial charge is 0.261 e. The van der Waals surface area contributed by atoms with Crippen LogP contribution in [0.2, 0.25) is 0 Å². The molecule has 0 saturated heterocycles. The molecule has 3 rings (SSSR count). The van der Waals surface area contributed by atoms with Gasteiger partial charge in [-0.3, -0.25) is 9.59 Å². The van der Waals surface area contributed by atoms with Gasteiger partial charge in [0.2, 0.25) is 5.91 Å². The SMILES string of the molecule is Cc1ccc(C)c(OCC(=O)N(Cc2ccc(F)cc2)[C@H](C)C(=O)NC2CCCCC2)c1. The molecule has 2 aromatic rings. The van der Waals surface area contributed by atoms with Crippen LogP contribution in [0.5, 0.6) is 5.75 Å². The van der Waals surface area contributed by atoms with E-state index in [9.17, 15) is 14.0 Å². The fraction of sp³-hybridized carbons (Fsp3) is 0.462. The Kier molecular flexibility index (Phi) is 8.26. The lowest BCUT2D eigenvalue weighted by molar-refractivity contribution is -0.142. The van der Waals surface area contributed by atoms with Crippen molar-refractivity contribution >= 4 is 11.8 Å². The van der Waals surface area contributed by atoms with E-state index in [-0.39, 0.29) is 36.8 Å². The normalized spacial score (nSPS) is 15.1. The molecule has 0 aromatic heterocycles. The number of halogens is 1. The van der Waals surface area contributed by atoms with E-state index in [1.807, 2.05) is 32.0 Å². The number of aryl methyl sites for hydroxylation is 2. The highest BCUT2D eigenvalue weighted by molar-refractivity contribution is 5.88. The Morgan fingerprint density at radius 2 is 1.78 bits per heavy atom. The summed E-state index contributed by atoms with van der Waals surface area (Å²) < 4.78 is 19.2. The van der Waals surface area contributed by atoms with E-state index in [0.717, 1.165) is 42.4 Å². The first-order valence-electron chi connectivity index (χ1n) is 11.4. The lowest BCUT2D eigenvalue weighted by Crippen LogP contribution is -2.51. The van der Waals surface area contributed by atoms with Crippen molar-refractivity contribution in [3.8, 4) is 5.75 Å². The molecular weight excluding hydrogens is 407 g/mol. The summed E-state index contributed by atoms with van der Waals surface area (Å²) in [4.78, 5) is 27.6. The molecule has 0 bridgehead atoms. The molecule has 0 aliphatic heterocycles. The Balaban J connectivity index is 1.72. The molecule has 1 saturated carbocycles. The molecule has 1 aliphatic rings. The number of nitrogens with zero attached hydrogens (tertiary/aromatic N) is 1. The third-order valence-corrected chi connectivity index (χ3v) is 6.08. The van der Waals surface area contributed by atoms with E-state index in [4.69, 9.17) is 4.74 Å². The molecule has 5 nitrogen and oxygen atoms in total. The number of ether oxygens (including phenoxy) is 1. The topological polar surface area (TPSA) is 58.6 Å². The van der Waals surface area contributed by atoms with Gasteiger partial charge in [0, 0.05) is 12.6 Å². The third-order valence-electron chi connectivity index (χ3n) is 6.08. The van der Waals surface area contributed by atoms with Gasteiger partial charge in [-0.25, -0.2) is 4.39 Å². The first-order chi connectivity index (χ1) is 15.3. The van der Waals surface area contributed by atoms with Crippen LogP contribution in [0.15, 0.2) is 42.5 Å². The van der Waals surface area contributed by atoms with Crippen LogP contribution < -0.4 is 10.1 Å². The first-order valence-corrected chi connectivity index (χ1v) is 11.4. The molecule has 1 fully saturated rings. The van der Waals surface area contributed by atoms with Crippen molar-refractivity contribution in [1.29, 1.82) is 0 Å². The summed E-state index contributed by atoms with van der Waals surface area (Å²) in [6, 6.07) is 11.3. The van der Waals surface area contributed by atoms with E-state index in [1.54, 1.807) is 19.1 Å². The summed E-state index contributed by atoms with van der Waals surface area (Å²) in [6.45, 7) is 5.65. The molecule has 0 heterocycles. The Bertz CT molecular complexity index is 923. The van der Waals surface area contributed by atoms with Gasteiger partial charge in [-0.2, -0.15) is 0 Å². The van der Waals surface area contributed by atoms with Gasteiger partial charge in [-0.1, -0.05) is 43.5 Å². The minimum atomic E-state index is -0.670. The summed E-state index contributed by atoms with van der Waals surface area (Å²) in [5.74, 6) is -0.145. The summed E-state index contributed by atoms with van der Waals surface area (Å²) in [7, 11) is 0. The quantitative estimate of drug-likeness (QED) is 0.648. The maximum absolute atomic E-state index is 13.3. The van der Waals surface area contributed by atoms with Crippen molar-refractivity contribution in [1.82, 2.24) is 10.2 Å². The molecule has 2 aromatic carbocycles. The van der Waals surface area contributed by atoms with Crippen LogP contribution in [0, 0.1) is 19.7 Å². The molecule has 172 valence electrons. The van der Waals surface area contributed by atoms with Crippen molar-refractivity contribution in [2.24, 2.45) is 0 Å². The number of benzene rings is 2. The van der Waals surface area contributed by atoms with Gasteiger partial charge < -0.3 is 15.0 Å². The molecule has 0 unspecified atom stereocenters. The van der Waals surface area contributed by atoms with Crippen LogP contribution in [-0.4, -0.2) is 35.4 Å². The summed E-state index contributed by atoms with van der Waals surface area (Å²) in [5, 5.41) is 3.11. The minimum absolute atomic E-state index is 0.160. The largest absolute Gasteiger partial charge is 0.483 e. The lowest BCUT2D eigenvalue weighted by atomic mass is 9.95. The van der Waals surface area contributed by atoms with Crippen LogP contribution in [0.4, 0.5) is 4.39 Å². The number of hydrogen-bond acceptors (Lipinski definition) is 3. The molecule has 6 heteroatoms. The monoisotopic (exact) mass is 440 g/mol. The highest BCUT2D eigenvalue weighted by atomic mass is 19.1. The predicted octanol–water partition coefficient (Wildman–Crippen LogP) is 4.69. The van der Waals surface area contributed by atoms with Gasteiger partial charge in [-0.15, -0.1) is 0 Å². The Labute approximate surface area is 190 Å². The Hall–Kier alpha value is -2.89. The molecule has 1 aliphatic carbocycles. The average Bonchev–Trinajstić information content (AvgIpc) is 2.79. The van der Waals surface area contributed by atoms with Crippen LogP contribution in [0.25, 0.3) is 0 Å². The zero-order valence-electron chi connectivity index (χ0n) is 19.2. The van der Waals surface area contributed by atoms with Crippen molar-refractivity contribution in [3.63, 3.8) is 0 Å². The van der Waals surface area contributed by atoms with Gasteiger partial charge in [-0.05, 0) is 68.5 Å². The molecular formula is C26H33FN2O3. The highest BCUT2D eigenvalue weighted by Crippen LogP contribution is 2.20. The second-order valence-corrected chi connectivity index (χ2v) is 8.73. The van der Waals surface area contributed by atoms with Gasteiger partial charge in [0.05, 0.1) is 0 Å². The second kappa shape index (κ2) is 11.1. The number of nitrogens with one attached hydrogen (secondary N) is 1. The molecule has 1 N–H and O–H groups in total. The zero-order chi connectivity index (χ0) is 23.1. The van der Waals surface area contributed by atoms with Crippen molar-refractivity contribution < 1.29 is 18.7 Å². The Morgan fingerprint density at radius 3 is 2.47 bits per heavy atom. The van der Waals surface area contributed by atoms with Gasteiger partial charge >= 0.3 is 0 Å². The number of carbonyl (C=O) groups excluding carboxylic acids is 2. The van der Waals surface area contributed by atoms with E-state index < -0.39 is 6.04 Å². The highest BCUT2D eigenvalue weighted by Gasteiger charge is 2.28. The van der Waals surface area contributed by atoms with E-state index in [2.05, 4.69) is 5.32 Å². The van der Waals surface area contributed by atoms with E-state index in [1.165, 1.54) is 23.5 Å². The lowest BCUT2D eigenvalue weighted by Gasteiger charge is -2.31. The van der Waals surface area contributed by atoms with E-state index in [0.29, 0.717) is 5.75 Å². The van der Waals surface area contributed by atoms with Gasteiger partial charge in [0.15, 0.2) is 6.61 Å². The fourth-order valence-corrected chi connectivity index (χ4v) is 4.02. The third kappa shape index (κ3) is 6.55. The molecule has 1 atom stereocenters. The van der Waals surface area contributed by atoms with E-state index >= 15 is 0 Å². The minimum Gasteiger partial charge on any atom is -0.483 e. The van der Waals surface area contributed by atoms with Crippen LogP contribution in [0.1, 0.15) is 55.7 Å². The molecule has 32 heavy (non-hydrogen) atoms. The molecule has 2 amide bonds. The van der Waals surface area contributed by atoms with Crippen LogP contribution in [0.3, 0.4) is 0 Å². The molecule has 0 radical (unpaired) electrons. The standard InChI is InChI=1S/C26H33FN2O3/c1-18-9-10-19(2)24(15-18)32-17-25(30)29(16-21-11-13-22(27)14-12-21)20(3)26(31)28-23-7-5-4-6-8-23/h9-15,20,23H,4-8,16-17H2,1-3H3,(H,28,31)/t20-/m1/s1. The van der Waals surface area contributed by atoms with Gasteiger partial charge in [0.1, 0.15) is 17.6 Å². The average molecular weight is 441 g/mol. The summed E-state index contributed by atoms with van der Waals surface area (Å²) in [5.41, 5.74) is 2.74.